The first-order valence-electron chi connectivity index (χ1n) is 11.3. The van der Waals surface area contributed by atoms with Crippen molar-refractivity contribution < 1.29 is 28.6 Å². The van der Waals surface area contributed by atoms with Gasteiger partial charge in [-0.1, -0.05) is 42.5 Å². The molecule has 1 aliphatic rings. The van der Waals surface area contributed by atoms with Crippen LogP contribution >= 0.6 is 0 Å². The lowest BCUT2D eigenvalue weighted by Gasteiger charge is -2.27. The number of aromatic nitrogens is 1. The Hall–Kier alpha value is -3.94. The molecule has 0 aliphatic heterocycles. The second kappa shape index (κ2) is 9.74. The lowest BCUT2D eigenvalue weighted by atomic mass is 9.86. The molecule has 1 fully saturated rings. The minimum atomic E-state index is -0.992. The molecule has 1 heterocycles. The van der Waals surface area contributed by atoms with Gasteiger partial charge in [-0.05, 0) is 49.4 Å². The average molecular weight is 479 g/mol. The first-order chi connectivity index (χ1) is 16.8. The van der Waals surface area contributed by atoms with Gasteiger partial charge < -0.3 is 19.9 Å². The van der Waals surface area contributed by atoms with Gasteiger partial charge in [0.1, 0.15) is 18.0 Å². The van der Waals surface area contributed by atoms with E-state index in [0.29, 0.717) is 0 Å². The number of hydrogen-bond donors (Lipinski definition) is 2. The topological polar surface area (TPSA) is 97.8 Å². The van der Waals surface area contributed by atoms with Gasteiger partial charge in [-0.3, -0.25) is 4.79 Å². The molecular formula is C27H27FN2O5. The number of benzene rings is 2. The SMILES string of the molecule is COc1ccnc(C(=O)NC(C)C(=O)OC(C)C2(c3ccccc3)CC2c2ccc(F)cc2)c1O. The Morgan fingerprint density at radius 1 is 1.11 bits per heavy atom. The zero-order valence-corrected chi connectivity index (χ0v) is 19.7. The number of rotatable bonds is 8. The van der Waals surface area contributed by atoms with Crippen LogP contribution in [-0.2, 0) is 14.9 Å². The minimum Gasteiger partial charge on any atom is -0.503 e. The van der Waals surface area contributed by atoms with Crippen molar-refractivity contribution in [2.45, 2.75) is 43.7 Å². The van der Waals surface area contributed by atoms with Gasteiger partial charge in [-0.15, -0.1) is 0 Å². The predicted molar refractivity (Wildman–Crippen MR) is 127 cm³/mol. The van der Waals surface area contributed by atoms with Crippen LogP contribution in [0.25, 0.3) is 0 Å². The number of carbonyl (C=O) groups excluding carboxylic acids is 2. The molecule has 0 saturated heterocycles. The van der Waals surface area contributed by atoms with Crippen molar-refractivity contribution >= 4 is 11.9 Å². The molecule has 1 amide bonds. The molecule has 182 valence electrons. The number of aromatic hydroxyl groups is 1. The van der Waals surface area contributed by atoms with E-state index in [1.807, 2.05) is 37.3 Å². The van der Waals surface area contributed by atoms with E-state index in [-0.39, 0.29) is 23.2 Å². The van der Waals surface area contributed by atoms with Gasteiger partial charge in [0, 0.05) is 17.7 Å². The number of hydrogen-bond acceptors (Lipinski definition) is 6. The Balaban J connectivity index is 1.49. The maximum Gasteiger partial charge on any atom is 0.328 e. The van der Waals surface area contributed by atoms with E-state index in [1.54, 1.807) is 12.1 Å². The summed E-state index contributed by atoms with van der Waals surface area (Å²) in [5.74, 6) is -1.92. The Bertz CT molecular complexity index is 1220. The molecular weight excluding hydrogens is 451 g/mol. The van der Waals surface area contributed by atoms with Gasteiger partial charge >= 0.3 is 5.97 Å². The van der Waals surface area contributed by atoms with Crippen LogP contribution in [0.15, 0.2) is 66.9 Å². The number of nitrogens with one attached hydrogen (secondary N) is 1. The fourth-order valence-electron chi connectivity index (χ4n) is 4.61. The molecule has 1 aliphatic carbocycles. The number of halogens is 1. The summed E-state index contributed by atoms with van der Waals surface area (Å²) >= 11 is 0. The van der Waals surface area contributed by atoms with Crippen LogP contribution in [0.4, 0.5) is 4.39 Å². The normalized spacial score (nSPS) is 20.4. The number of methoxy groups -OCH3 is 1. The second-order valence-electron chi connectivity index (χ2n) is 8.70. The second-order valence-corrected chi connectivity index (χ2v) is 8.70. The van der Waals surface area contributed by atoms with Crippen LogP contribution in [0.1, 0.15) is 47.8 Å². The summed E-state index contributed by atoms with van der Waals surface area (Å²) in [6.07, 6.45) is 1.54. The maximum atomic E-state index is 13.5. The van der Waals surface area contributed by atoms with E-state index in [2.05, 4.69) is 10.3 Å². The summed E-state index contributed by atoms with van der Waals surface area (Å²) in [5.41, 5.74) is 1.28. The predicted octanol–water partition coefficient (Wildman–Crippen LogP) is 4.11. The number of amides is 1. The highest BCUT2D eigenvalue weighted by Gasteiger charge is 2.60. The summed E-state index contributed by atoms with van der Waals surface area (Å²) in [6, 6.07) is 16.6. The highest BCUT2D eigenvalue weighted by atomic mass is 19.1. The van der Waals surface area contributed by atoms with Gasteiger partial charge in [0.2, 0.25) is 0 Å². The first-order valence-corrected chi connectivity index (χ1v) is 11.3. The number of pyridine rings is 1. The van der Waals surface area contributed by atoms with E-state index in [1.165, 1.54) is 38.4 Å². The van der Waals surface area contributed by atoms with E-state index in [0.717, 1.165) is 17.5 Å². The molecule has 2 aromatic carbocycles. The third-order valence-corrected chi connectivity index (χ3v) is 6.63. The zero-order chi connectivity index (χ0) is 25.2. The van der Waals surface area contributed by atoms with Crippen LogP contribution in [0.5, 0.6) is 11.5 Å². The van der Waals surface area contributed by atoms with Crippen LogP contribution in [0, 0.1) is 5.82 Å². The standard InChI is InChI=1S/C27H27FN2O5/c1-16(30-25(32)23-24(31)22(34-3)13-14-29-23)26(33)35-17(2)27(19-7-5-4-6-8-19)15-21(27)18-9-11-20(28)12-10-18/h4-14,16-17,21,31H,15H2,1-3H3,(H,30,32). The third kappa shape index (κ3) is 4.69. The highest BCUT2D eigenvalue weighted by Crippen LogP contribution is 2.63. The van der Waals surface area contributed by atoms with Crippen molar-refractivity contribution in [3.05, 3.63) is 89.5 Å². The van der Waals surface area contributed by atoms with Crippen LogP contribution < -0.4 is 10.1 Å². The van der Waals surface area contributed by atoms with E-state index in [4.69, 9.17) is 9.47 Å². The van der Waals surface area contributed by atoms with Gasteiger partial charge in [-0.2, -0.15) is 0 Å². The summed E-state index contributed by atoms with van der Waals surface area (Å²) in [7, 11) is 1.36. The summed E-state index contributed by atoms with van der Waals surface area (Å²) in [6.45, 7) is 3.34. The van der Waals surface area contributed by atoms with Crippen LogP contribution in [-0.4, -0.2) is 41.2 Å². The summed E-state index contributed by atoms with van der Waals surface area (Å²) in [5, 5.41) is 12.7. The van der Waals surface area contributed by atoms with Crippen molar-refractivity contribution in [2.24, 2.45) is 0 Å². The molecule has 35 heavy (non-hydrogen) atoms. The zero-order valence-electron chi connectivity index (χ0n) is 19.7. The molecule has 4 unspecified atom stereocenters. The lowest BCUT2D eigenvalue weighted by molar-refractivity contribution is -0.151. The van der Waals surface area contributed by atoms with Gasteiger partial charge in [0.25, 0.3) is 5.91 Å². The number of carbonyl (C=O) groups is 2. The summed E-state index contributed by atoms with van der Waals surface area (Å²) in [4.78, 5) is 29.4. The van der Waals surface area contributed by atoms with E-state index >= 15 is 0 Å². The number of ether oxygens (including phenoxy) is 2. The molecule has 1 aromatic heterocycles. The minimum absolute atomic E-state index is 0.0520. The maximum absolute atomic E-state index is 13.5. The lowest BCUT2D eigenvalue weighted by Crippen LogP contribution is -2.42. The van der Waals surface area contributed by atoms with Crippen LogP contribution in [0.2, 0.25) is 0 Å². The van der Waals surface area contributed by atoms with Crippen molar-refractivity contribution in [1.82, 2.24) is 10.3 Å². The van der Waals surface area contributed by atoms with Crippen molar-refractivity contribution in [1.29, 1.82) is 0 Å². The Morgan fingerprint density at radius 2 is 1.80 bits per heavy atom. The fraction of sp³-hybridized carbons (Fsp3) is 0.296. The monoisotopic (exact) mass is 478 g/mol. The van der Waals surface area contributed by atoms with E-state index in [9.17, 15) is 19.1 Å². The number of esters is 1. The molecule has 2 N–H and O–H groups in total. The van der Waals surface area contributed by atoms with Gasteiger partial charge in [0.15, 0.2) is 17.2 Å². The quantitative estimate of drug-likeness (QED) is 0.473. The molecule has 7 nitrogen and oxygen atoms in total. The Labute approximate surface area is 202 Å². The molecule has 0 radical (unpaired) electrons. The Morgan fingerprint density at radius 3 is 2.46 bits per heavy atom. The molecule has 4 rings (SSSR count). The highest BCUT2D eigenvalue weighted by molar-refractivity contribution is 5.97. The average Bonchev–Trinajstić information content (AvgIpc) is 3.62. The molecule has 3 aromatic rings. The summed E-state index contributed by atoms with van der Waals surface area (Å²) < 4.78 is 24.3. The molecule has 8 heteroatoms. The number of nitrogens with zero attached hydrogens (tertiary/aromatic N) is 1. The largest absolute Gasteiger partial charge is 0.503 e. The van der Waals surface area contributed by atoms with Crippen molar-refractivity contribution in [3.63, 3.8) is 0 Å². The van der Waals surface area contributed by atoms with Crippen molar-refractivity contribution in [2.75, 3.05) is 7.11 Å². The van der Waals surface area contributed by atoms with E-state index < -0.39 is 35.2 Å². The molecule has 4 atom stereocenters. The third-order valence-electron chi connectivity index (χ3n) is 6.63. The molecule has 1 saturated carbocycles. The fourth-order valence-corrected chi connectivity index (χ4v) is 4.61. The Kier molecular flexibility index (Phi) is 6.73. The smallest absolute Gasteiger partial charge is 0.328 e. The van der Waals surface area contributed by atoms with Gasteiger partial charge in [-0.25, -0.2) is 14.2 Å². The first kappa shape index (κ1) is 24.2. The molecule has 0 spiro atoms. The van der Waals surface area contributed by atoms with Gasteiger partial charge in [0.05, 0.1) is 7.11 Å². The van der Waals surface area contributed by atoms with Crippen molar-refractivity contribution in [3.8, 4) is 11.5 Å². The van der Waals surface area contributed by atoms with Crippen LogP contribution in [0.3, 0.4) is 0 Å². The molecule has 0 bridgehead atoms.